The van der Waals surface area contributed by atoms with E-state index in [0.717, 1.165) is 25.7 Å². The molecule has 0 saturated heterocycles. The third kappa shape index (κ3) is 3.96. The molecule has 1 amide bonds. The molecular formula is C16H23N3O3. The lowest BCUT2D eigenvalue weighted by atomic mass is 10.1. The molecule has 0 aromatic heterocycles. The average molecular weight is 305 g/mol. The van der Waals surface area contributed by atoms with Crippen molar-refractivity contribution in [1.82, 2.24) is 4.90 Å². The highest BCUT2D eigenvalue weighted by atomic mass is 16.6. The molecule has 0 unspecified atom stereocenters. The highest BCUT2D eigenvalue weighted by Gasteiger charge is 2.26. The molecule has 0 atom stereocenters. The number of carbonyl (C=O) groups excluding carboxylic acids is 1. The van der Waals surface area contributed by atoms with Crippen LogP contribution >= 0.6 is 0 Å². The number of nitrogens with one attached hydrogen (secondary N) is 1. The van der Waals surface area contributed by atoms with Crippen molar-refractivity contribution in [3.8, 4) is 0 Å². The van der Waals surface area contributed by atoms with Gasteiger partial charge in [0, 0.05) is 30.8 Å². The summed E-state index contributed by atoms with van der Waals surface area (Å²) in [6.45, 7) is 5.37. The van der Waals surface area contributed by atoms with E-state index in [1.165, 1.54) is 6.07 Å². The van der Waals surface area contributed by atoms with Crippen molar-refractivity contribution in [2.24, 2.45) is 0 Å². The van der Waals surface area contributed by atoms with Crippen LogP contribution in [-0.4, -0.2) is 34.9 Å². The molecule has 6 heteroatoms. The normalized spacial score (nSPS) is 13.7. The first kappa shape index (κ1) is 16.3. The summed E-state index contributed by atoms with van der Waals surface area (Å²) in [5.41, 5.74) is 0.863. The van der Waals surface area contributed by atoms with Crippen LogP contribution in [0.3, 0.4) is 0 Å². The van der Waals surface area contributed by atoms with Gasteiger partial charge in [-0.1, -0.05) is 13.8 Å². The Kier molecular flexibility index (Phi) is 5.35. The molecule has 1 fully saturated rings. The topological polar surface area (TPSA) is 75.5 Å². The molecule has 1 N–H and O–H groups in total. The Morgan fingerprint density at radius 2 is 1.95 bits per heavy atom. The van der Waals surface area contributed by atoms with Gasteiger partial charge in [0.15, 0.2) is 0 Å². The van der Waals surface area contributed by atoms with Crippen molar-refractivity contribution < 1.29 is 9.72 Å². The smallest absolute Gasteiger partial charge is 0.293 e. The average Bonchev–Trinajstić information content (AvgIpc) is 3.30. The Labute approximate surface area is 130 Å². The number of carbonyl (C=O) groups is 1. The van der Waals surface area contributed by atoms with Crippen LogP contribution in [0.2, 0.25) is 0 Å². The molecule has 0 bridgehead atoms. The Bertz CT molecular complexity index is 550. The second-order valence-electron chi connectivity index (χ2n) is 5.70. The van der Waals surface area contributed by atoms with Crippen LogP contribution in [0, 0.1) is 10.1 Å². The van der Waals surface area contributed by atoms with Crippen molar-refractivity contribution in [1.29, 1.82) is 0 Å². The maximum atomic E-state index is 12.5. The predicted molar refractivity (Wildman–Crippen MR) is 86.2 cm³/mol. The molecule has 1 saturated carbocycles. The number of nitro benzene ring substituents is 1. The second-order valence-corrected chi connectivity index (χ2v) is 5.70. The van der Waals surface area contributed by atoms with Gasteiger partial charge in [-0.25, -0.2) is 0 Å². The predicted octanol–water partition coefficient (Wildman–Crippen LogP) is 3.43. The summed E-state index contributed by atoms with van der Waals surface area (Å²) in [6.07, 6.45) is 3.82. The number of nitrogens with zero attached hydrogens (tertiary/aromatic N) is 2. The minimum absolute atomic E-state index is 0.0225. The lowest BCUT2D eigenvalue weighted by Crippen LogP contribution is -2.32. The van der Waals surface area contributed by atoms with E-state index in [-0.39, 0.29) is 11.6 Å². The Morgan fingerprint density at radius 3 is 2.45 bits per heavy atom. The van der Waals surface area contributed by atoms with Crippen molar-refractivity contribution in [3.63, 3.8) is 0 Å². The lowest BCUT2D eigenvalue weighted by Gasteiger charge is -2.21. The van der Waals surface area contributed by atoms with Gasteiger partial charge < -0.3 is 10.2 Å². The first-order valence-corrected chi connectivity index (χ1v) is 7.91. The first-order chi connectivity index (χ1) is 10.6. The van der Waals surface area contributed by atoms with Gasteiger partial charge in [0.25, 0.3) is 11.6 Å². The minimum Gasteiger partial charge on any atom is -0.377 e. The molecule has 1 aliphatic rings. The van der Waals surface area contributed by atoms with Crippen molar-refractivity contribution in [2.75, 3.05) is 18.4 Å². The molecule has 0 radical (unpaired) electrons. The maximum absolute atomic E-state index is 12.5. The first-order valence-electron chi connectivity index (χ1n) is 7.91. The van der Waals surface area contributed by atoms with E-state index >= 15 is 0 Å². The number of rotatable bonds is 8. The Morgan fingerprint density at radius 1 is 1.32 bits per heavy atom. The highest BCUT2D eigenvalue weighted by Crippen LogP contribution is 2.31. The van der Waals surface area contributed by atoms with Crippen LogP contribution in [0.5, 0.6) is 0 Å². The van der Waals surface area contributed by atoms with Gasteiger partial charge in [-0.15, -0.1) is 0 Å². The van der Waals surface area contributed by atoms with E-state index in [2.05, 4.69) is 5.32 Å². The molecular weight excluding hydrogens is 282 g/mol. The molecule has 1 aliphatic carbocycles. The van der Waals surface area contributed by atoms with Crippen molar-refractivity contribution in [2.45, 2.75) is 45.6 Å². The molecule has 120 valence electrons. The van der Waals surface area contributed by atoms with Crippen LogP contribution in [-0.2, 0) is 0 Å². The molecule has 0 heterocycles. The van der Waals surface area contributed by atoms with E-state index in [9.17, 15) is 14.9 Å². The zero-order valence-electron chi connectivity index (χ0n) is 13.2. The van der Waals surface area contributed by atoms with Gasteiger partial charge in [-0.05, 0) is 37.8 Å². The van der Waals surface area contributed by atoms with Gasteiger partial charge in [0.2, 0.25) is 0 Å². The zero-order chi connectivity index (χ0) is 16.1. The fourth-order valence-electron chi connectivity index (χ4n) is 2.42. The summed E-state index contributed by atoms with van der Waals surface area (Å²) in [6, 6.07) is 5.06. The zero-order valence-corrected chi connectivity index (χ0v) is 13.2. The maximum Gasteiger partial charge on any atom is 0.293 e. The Balaban J connectivity index is 2.24. The summed E-state index contributed by atoms with van der Waals surface area (Å²) in [5, 5.41) is 14.4. The quantitative estimate of drug-likeness (QED) is 0.589. The summed E-state index contributed by atoms with van der Waals surface area (Å²) < 4.78 is 0. The summed E-state index contributed by atoms with van der Waals surface area (Å²) in [4.78, 5) is 25.1. The molecule has 6 nitrogen and oxygen atoms in total. The lowest BCUT2D eigenvalue weighted by molar-refractivity contribution is -0.384. The SMILES string of the molecule is CCCN(CCC)C(=O)c1ccc(NC2CC2)c([N+](=O)[O-])c1. The molecule has 0 spiro atoms. The standard InChI is InChI=1S/C16H23N3O3/c1-3-9-18(10-4-2)16(20)12-5-8-14(17-13-6-7-13)15(11-12)19(21)22/h5,8,11,13,17H,3-4,6-7,9-10H2,1-2H3. The largest absolute Gasteiger partial charge is 0.377 e. The van der Waals surface area contributed by atoms with Gasteiger partial charge >= 0.3 is 0 Å². The second kappa shape index (κ2) is 7.24. The number of amides is 1. The third-order valence-electron chi connectivity index (χ3n) is 3.65. The van der Waals surface area contributed by atoms with E-state index < -0.39 is 4.92 Å². The van der Waals surface area contributed by atoms with Gasteiger partial charge in [0.1, 0.15) is 5.69 Å². The monoisotopic (exact) mass is 305 g/mol. The van der Waals surface area contributed by atoms with Crippen molar-refractivity contribution in [3.05, 3.63) is 33.9 Å². The Hall–Kier alpha value is -2.11. The molecule has 1 aromatic rings. The molecule has 2 rings (SSSR count). The molecule has 22 heavy (non-hydrogen) atoms. The van der Waals surface area contributed by atoms with E-state index in [0.29, 0.717) is 30.4 Å². The fraction of sp³-hybridized carbons (Fsp3) is 0.562. The number of nitro groups is 1. The van der Waals surface area contributed by atoms with Crippen LogP contribution in [0.15, 0.2) is 18.2 Å². The van der Waals surface area contributed by atoms with Crippen molar-refractivity contribution >= 4 is 17.3 Å². The third-order valence-corrected chi connectivity index (χ3v) is 3.65. The van der Waals surface area contributed by atoms with Crippen LogP contribution in [0.1, 0.15) is 49.9 Å². The highest BCUT2D eigenvalue weighted by molar-refractivity contribution is 5.95. The van der Waals surface area contributed by atoms with E-state index in [4.69, 9.17) is 0 Å². The van der Waals surface area contributed by atoms with Gasteiger partial charge in [-0.3, -0.25) is 14.9 Å². The summed E-state index contributed by atoms with van der Waals surface area (Å²) in [7, 11) is 0. The molecule has 1 aromatic carbocycles. The fourth-order valence-corrected chi connectivity index (χ4v) is 2.42. The van der Waals surface area contributed by atoms with Crippen LogP contribution < -0.4 is 5.32 Å². The van der Waals surface area contributed by atoms with E-state index in [1.807, 2.05) is 13.8 Å². The van der Waals surface area contributed by atoms with E-state index in [1.54, 1.807) is 17.0 Å². The van der Waals surface area contributed by atoms with Crippen LogP contribution in [0.4, 0.5) is 11.4 Å². The summed E-state index contributed by atoms with van der Waals surface area (Å²) >= 11 is 0. The number of hydrogen-bond donors (Lipinski definition) is 1. The number of hydrogen-bond acceptors (Lipinski definition) is 4. The number of benzene rings is 1. The van der Waals surface area contributed by atoms with Crippen LogP contribution in [0.25, 0.3) is 0 Å². The molecule has 0 aliphatic heterocycles. The number of anilines is 1. The van der Waals surface area contributed by atoms with Gasteiger partial charge in [0.05, 0.1) is 4.92 Å². The van der Waals surface area contributed by atoms with Gasteiger partial charge in [-0.2, -0.15) is 0 Å². The summed E-state index contributed by atoms with van der Waals surface area (Å²) in [5.74, 6) is -0.134. The minimum atomic E-state index is -0.425.